The SMILES string of the molecule is NCCC1Cc2ccc(Cl)cc2C1O. The van der Waals surface area contributed by atoms with Gasteiger partial charge in [-0.05, 0) is 48.6 Å². The predicted octanol–water partition coefficient (Wildman–Crippen LogP) is 1.89. The molecule has 3 heteroatoms. The van der Waals surface area contributed by atoms with Crippen LogP contribution in [-0.4, -0.2) is 11.7 Å². The molecule has 0 spiro atoms. The van der Waals surface area contributed by atoms with Gasteiger partial charge in [0.05, 0.1) is 6.10 Å². The van der Waals surface area contributed by atoms with Crippen molar-refractivity contribution in [3.63, 3.8) is 0 Å². The van der Waals surface area contributed by atoms with Crippen LogP contribution < -0.4 is 5.73 Å². The Kier molecular flexibility index (Phi) is 2.77. The molecule has 3 N–H and O–H groups in total. The second-order valence-corrected chi connectivity index (χ2v) is 4.27. The number of aliphatic hydroxyl groups is 1. The Morgan fingerprint density at radius 2 is 2.29 bits per heavy atom. The van der Waals surface area contributed by atoms with Crippen LogP contribution >= 0.6 is 11.6 Å². The highest BCUT2D eigenvalue weighted by Gasteiger charge is 2.30. The van der Waals surface area contributed by atoms with Gasteiger partial charge in [-0.2, -0.15) is 0 Å². The predicted molar refractivity (Wildman–Crippen MR) is 57.3 cm³/mol. The molecule has 14 heavy (non-hydrogen) atoms. The van der Waals surface area contributed by atoms with E-state index in [2.05, 4.69) is 0 Å². The average molecular weight is 212 g/mol. The minimum Gasteiger partial charge on any atom is -0.388 e. The first-order valence-electron chi connectivity index (χ1n) is 4.89. The van der Waals surface area contributed by atoms with Gasteiger partial charge in [0, 0.05) is 5.02 Å². The summed E-state index contributed by atoms with van der Waals surface area (Å²) in [6, 6.07) is 5.73. The number of benzene rings is 1. The number of nitrogens with two attached hydrogens (primary N) is 1. The highest BCUT2D eigenvalue weighted by molar-refractivity contribution is 6.30. The van der Waals surface area contributed by atoms with Gasteiger partial charge >= 0.3 is 0 Å². The summed E-state index contributed by atoms with van der Waals surface area (Å²) in [6.45, 7) is 0.628. The normalized spacial score (nSPS) is 25.1. The maximum atomic E-state index is 9.98. The van der Waals surface area contributed by atoms with Gasteiger partial charge in [0.25, 0.3) is 0 Å². The summed E-state index contributed by atoms with van der Waals surface area (Å²) in [4.78, 5) is 0. The highest BCUT2D eigenvalue weighted by Crippen LogP contribution is 2.38. The second kappa shape index (κ2) is 3.89. The quantitative estimate of drug-likeness (QED) is 0.785. The zero-order valence-corrected chi connectivity index (χ0v) is 8.67. The number of hydrogen-bond acceptors (Lipinski definition) is 2. The van der Waals surface area contributed by atoms with Crippen LogP contribution in [0.25, 0.3) is 0 Å². The van der Waals surface area contributed by atoms with Gasteiger partial charge in [-0.15, -0.1) is 0 Å². The molecular formula is C11H14ClNO. The monoisotopic (exact) mass is 211 g/mol. The molecule has 0 amide bonds. The van der Waals surface area contributed by atoms with Crippen LogP contribution in [0.3, 0.4) is 0 Å². The lowest BCUT2D eigenvalue weighted by Crippen LogP contribution is -2.12. The number of fused-ring (bicyclic) bond motifs is 1. The van der Waals surface area contributed by atoms with Gasteiger partial charge in [0.15, 0.2) is 0 Å². The Bertz CT molecular complexity index is 340. The van der Waals surface area contributed by atoms with Gasteiger partial charge in [0.1, 0.15) is 0 Å². The molecule has 2 unspecified atom stereocenters. The zero-order valence-electron chi connectivity index (χ0n) is 7.91. The third-order valence-electron chi connectivity index (χ3n) is 2.89. The van der Waals surface area contributed by atoms with Crippen LogP contribution in [-0.2, 0) is 6.42 Å². The Morgan fingerprint density at radius 3 is 3.00 bits per heavy atom. The Balaban J connectivity index is 2.27. The van der Waals surface area contributed by atoms with Crippen molar-refractivity contribution in [1.29, 1.82) is 0 Å². The molecule has 2 nitrogen and oxygen atoms in total. The molecule has 0 aromatic heterocycles. The van der Waals surface area contributed by atoms with Crippen LogP contribution in [0.2, 0.25) is 5.02 Å². The summed E-state index contributed by atoms with van der Waals surface area (Å²) in [5.41, 5.74) is 7.69. The van der Waals surface area contributed by atoms with Crippen molar-refractivity contribution >= 4 is 11.6 Å². The van der Waals surface area contributed by atoms with Crippen molar-refractivity contribution in [3.8, 4) is 0 Å². The molecule has 2 rings (SSSR count). The van der Waals surface area contributed by atoms with Crippen molar-refractivity contribution in [1.82, 2.24) is 0 Å². The van der Waals surface area contributed by atoms with Crippen molar-refractivity contribution in [3.05, 3.63) is 34.3 Å². The molecule has 1 aromatic rings. The van der Waals surface area contributed by atoms with Crippen LogP contribution in [0.15, 0.2) is 18.2 Å². The minimum atomic E-state index is -0.382. The van der Waals surface area contributed by atoms with E-state index in [0.717, 1.165) is 18.4 Å². The van der Waals surface area contributed by atoms with Crippen LogP contribution in [0.1, 0.15) is 23.7 Å². The van der Waals surface area contributed by atoms with Gasteiger partial charge in [-0.3, -0.25) is 0 Å². The third kappa shape index (κ3) is 1.65. The highest BCUT2D eigenvalue weighted by atomic mass is 35.5. The summed E-state index contributed by atoms with van der Waals surface area (Å²) in [5.74, 6) is 0.272. The first-order valence-corrected chi connectivity index (χ1v) is 5.26. The topological polar surface area (TPSA) is 46.2 Å². The molecule has 76 valence electrons. The first kappa shape index (κ1) is 9.97. The lowest BCUT2D eigenvalue weighted by atomic mass is 10.00. The number of aliphatic hydroxyl groups excluding tert-OH is 1. The lowest BCUT2D eigenvalue weighted by Gasteiger charge is -2.13. The first-order chi connectivity index (χ1) is 6.72. The molecular weight excluding hydrogens is 198 g/mol. The fraction of sp³-hybridized carbons (Fsp3) is 0.455. The molecule has 2 atom stereocenters. The van der Waals surface area contributed by atoms with E-state index in [1.54, 1.807) is 0 Å². The van der Waals surface area contributed by atoms with E-state index >= 15 is 0 Å². The molecule has 1 aliphatic carbocycles. The molecule has 1 aliphatic rings. The maximum absolute atomic E-state index is 9.98. The van der Waals surface area contributed by atoms with E-state index in [4.69, 9.17) is 17.3 Å². The molecule has 0 bridgehead atoms. The summed E-state index contributed by atoms with van der Waals surface area (Å²) in [5, 5.41) is 10.7. The number of hydrogen-bond donors (Lipinski definition) is 2. The average Bonchev–Trinajstić information content (AvgIpc) is 2.46. The Labute approximate surface area is 88.7 Å². The van der Waals surface area contributed by atoms with E-state index in [1.165, 1.54) is 5.56 Å². The molecule has 0 aliphatic heterocycles. The minimum absolute atomic E-state index is 0.272. The fourth-order valence-corrected chi connectivity index (χ4v) is 2.33. The van der Waals surface area contributed by atoms with E-state index in [0.29, 0.717) is 11.6 Å². The van der Waals surface area contributed by atoms with Gasteiger partial charge in [-0.25, -0.2) is 0 Å². The van der Waals surface area contributed by atoms with Crippen molar-refractivity contribution in [2.75, 3.05) is 6.54 Å². The van der Waals surface area contributed by atoms with Gasteiger partial charge < -0.3 is 10.8 Å². The smallest absolute Gasteiger partial charge is 0.0825 e. The molecule has 0 radical (unpaired) electrons. The fourth-order valence-electron chi connectivity index (χ4n) is 2.15. The number of halogens is 1. The summed E-state index contributed by atoms with van der Waals surface area (Å²) < 4.78 is 0. The molecule has 0 saturated carbocycles. The largest absolute Gasteiger partial charge is 0.388 e. The summed E-state index contributed by atoms with van der Waals surface area (Å²) >= 11 is 5.88. The van der Waals surface area contributed by atoms with Crippen LogP contribution in [0.5, 0.6) is 0 Å². The number of rotatable bonds is 2. The van der Waals surface area contributed by atoms with Crippen molar-refractivity contribution in [2.24, 2.45) is 11.7 Å². The van der Waals surface area contributed by atoms with E-state index < -0.39 is 0 Å². The summed E-state index contributed by atoms with van der Waals surface area (Å²) in [6.07, 6.45) is 1.41. The van der Waals surface area contributed by atoms with Gasteiger partial charge in [-0.1, -0.05) is 17.7 Å². The molecule has 0 fully saturated rings. The molecule has 1 aromatic carbocycles. The van der Waals surface area contributed by atoms with Crippen LogP contribution in [0, 0.1) is 5.92 Å². The van der Waals surface area contributed by atoms with Gasteiger partial charge in [0.2, 0.25) is 0 Å². The van der Waals surface area contributed by atoms with Crippen molar-refractivity contribution < 1.29 is 5.11 Å². The van der Waals surface area contributed by atoms with Crippen molar-refractivity contribution in [2.45, 2.75) is 18.9 Å². The lowest BCUT2D eigenvalue weighted by molar-refractivity contribution is 0.119. The second-order valence-electron chi connectivity index (χ2n) is 3.83. The molecule has 0 heterocycles. The van der Waals surface area contributed by atoms with E-state index in [1.807, 2.05) is 18.2 Å². The maximum Gasteiger partial charge on any atom is 0.0825 e. The van der Waals surface area contributed by atoms with Crippen LogP contribution in [0.4, 0.5) is 0 Å². The van der Waals surface area contributed by atoms with E-state index in [-0.39, 0.29) is 12.0 Å². The van der Waals surface area contributed by atoms with E-state index in [9.17, 15) is 5.11 Å². The zero-order chi connectivity index (χ0) is 10.1. The Morgan fingerprint density at radius 1 is 1.50 bits per heavy atom. The third-order valence-corrected chi connectivity index (χ3v) is 3.13. The Hall–Kier alpha value is -0.570. The standard InChI is InChI=1S/C11H14ClNO/c12-9-2-1-7-5-8(3-4-13)11(14)10(7)6-9/h1-2,6,8,11,14H,3-5,13H2. The summed E-state index contributed by atoms with van der Waals surface area (Å²) in [7, 11) is 0. The molecule has 0 saturated heterocycles.